The fraction of sp³-hybridized carbons (Fsp3) is 0.556. The van der Waals surface area contributed by atoms with Gasteiger partial charge in [0.1, 0.15) is 28.8 Å². The molecule has 3 atom stereocenters. The molecule has 0 amide bonds. The number of rotatable bonds is 3. The van der Waals surface area contributed by atoms with Gasteiger partial charge in [-0.3, -0.25) is 0 Å². The van der Waals surface area contributed by atoms with E-state index in [4.69, 9.17) is 21.1 Å². The maximum atomic E-state index is 6.41. The highest BCUT2D eigenvalue weighted by Gasteiger charge is 2.60. The summed E-state index contributed by atoms with van der Waals surface area (Å²) in [6.45, 7) is 8.31. The molecule has 2 aromatic heterocycles. The summed E-state index contributed by atoms with van der Waals surface area (Å²) in [7, 11) is 0. The van der Waals surface area contributed by atoms with Crippen LogP contribution in [0.4, 0.5) is 0 Å². The van der Waals surface area contributed by atoms with Gasteiger partial charge in [-0.25, -0.2) is 9.97 Å². The van der Waals surface area contributed by atoms with Gasteiger partial charge in [0.25, 0.3) is 0 Å². The number of halogens is 1. The van der Waals surface area contributed by atoms with Gasteiger partial charge in [-0.1, -0.05) is 31.5 Å². The van der Waals surface area contributed by atoms with Crippen LogP contribution in [0, 0.1) is 0 Å². The molecule has 0 N–H and O–H groups in total. The van der Waals surface area contributed by atoms with Crippen LogP contribution in [-0.2, 0) is 9.47 Å². The van der Waals surface area contributed by atoms with Gasteiger partial charge in [0.05, 0.1) is 11.4 Å². The van der Waals surface area contributed by atoms with Gasteiger partial charge >= 0.3 is 0 Å². The molecule has 0 aromatic carbocycles. The standard InChI is InChI=1S/C18H22ClN3O2/c1-5-11-9-13(14-18(11,6-2)24-17(3,4)23-14)22-8-7-12-15(19)20-10-21-16(12)22/h7-10,13-14H,5-6H2,1-4H3/t13-,14+,18-/m1/s1. The Morgan fingerprint density at radius 1 is 1.29 bits per heavy atom. The number of aromatic nitrogens is 3. The molecule has 6 heteroatoms. The van der Waals surface area contributed by atoms with E-state index in [2.05, 4.69) is 34.5 Å². The molecule has 2 aromatic rings. The topological polar surface area (TPSA) is 49.2 Å². The summed E-state index contributed by atoms with van der Waals surface area (Å²) in [6.07, 6.45) is 7.54. The van der Waals surface area contributed by atoms with E-state index in [1.54, 1.807) is 0 Å². The van der Waals surface area contributed by atoms with Crippen LogP contribution in [0.25, 0.3) is 11.0 Å². The zero-order valence-corrected chi connectivity index (χ0v) is 15.2. The second-order valence-electron chi connectivity index (χ2n) is 6.94. The highest BCUT2D eigenvalue weighted by atomic mass is 35.5. The monoisotopic (exact) mass is 347 g/mol. The van der Waals surface area contributed by atoms with Crippen LogP contribution < -0.4 is 0 Å². The third-order valence-corrected chi connectivity index (χ3v) is 5.51. The summed E-state index contributed by atoms with van der Waals surface area (Å²) < 4.78 is 14.9. The van der Waals surface area contributed by atoms with E-state index in [0.29, 0.717) is 5.15 Å². The summed E-state index contributed by atoms with van der Waals surface area (Å²) in [4.78, 5) is 8.51. The van der Waals surface area contributed by atoms with E-state index < -0.39 is 5.79 Å². The van der Waals surface area contributed by atoms with Crippen molar-refractivity contribution >= 4 is 22.6 Å². The van der Waals surface area contributed by atoms with Crippen LogP contribution in [0.15, 0.2) is 30.2 Å². The van der Waals surface area contributed by atoms with Crippen molar-refractivity contribution in [1.29, 1.82) is 0 Å². The molecule has 0 saturated carbocycles. The lowest BCUT2D eigenvalue weighted by Crippen LogP contribution is -2.40. The SMILES string of the molecule is CCC1=C[C@@H](n2ccc3c(Cl)ncnc32)[C@@H]2OC(C)(C)O[C@]12CC. The molecule has 24 heavy (non-hydrogen) atoms. The summed E-state index contributed by atoms with van der Waals surface area (Å²) in [5.74, 6) is -0.594. The van der Waals surface area contributed by atoms with Crippen molar-refractivity contribution in [2.75, 3.05) is 0 Å². The summed E-state index contributed by atoms with van der Waals surface area (Å²) in [5, 5.41) is 1.33. The largest absolute Gasteiger partial charge is 0.341 e. The third-order valence-electron chi connectivity index (χ3n) is 5.21. The number of hydrogen-bond donors (Lipinski definition) is 0. The molecular formula is C18H22ClN3O2. The second-order valence-corrected chi connectivity index (χ2v) is 7.30. The van der Waals surface area contributed by atoms with Gasteiger partial charge in [0.2, 0.25) is 0 Å². The molecule has 3 heterocycles. The number of nitrogens with zero attached hydrogens (tertiary/aromatic N) is 3. The van der Waals surface area contributed by atoms with Crippen molar-refractivity contribution in [3.63, 3.8) is 0 Å². The fourth-order valence-electron chi connectivity index (χ4n) is 4.27. The Morgan fingerprint density at radius 3 is 2.79 bits per heavy atom. The Bertz CT molecular complexity index is 829. The van der Waals surface area contributed by atoms with E-state index in [9.17, 15) is 0 Å². The van der Waals surface area contributed by atoms with Crippen LogP contribution in [-0.4, -0.2) is 32.0 Å². The molecule has 1 saturated heterocycles. The predicted octanol–water partition coefficient (Wildman–Crippen LogP) is 4.28. The van der Waals surface area contributed by atoms with Crippen molar-refractivity contribution in [1.82, 2.24) is 14.5 Å². The summed E-state index contributed by atoms with van der Waals surface area (Å²) in [6, 6.07) is 1.99. The van der Waals surface area contributed by atoms with Crippen molar-refractivity contribution in [3.05, 3.63) is 35.4 Å². The van der Waals surface area contributed by atoms with Gasteiger partial charge in [0, 0.05) is 6.20 Å². The lowest BCUT2D eigenvalue weighted by Gasteiger charge is -2.31. The molecule has 128 valence electrons. The van der Waals surface area contributed by atoms with E-state index >= 15 is 0 Å². The zero-order valence-electron chi connectivity index (χ0n) is 14.4. The minimum atomic E-state index is -0.594. The molecule has 1 fully saturated rings. The highest BCUT2D eigenvalue weighted by molar-refractivity contribution is 6.33. The highest BCUT2D eigenvalue weighted by Crippen LogP contribution is 2.53. The van der Waals surface area contributed by atoms with Gasteiger partial charge in [-0.2, -0.15) is 0 Å². The Labute approximate surface area is 146 Å². The lowest BCUT2D eigenvalue weighted by atomic mass is 9.88. The molecular weight excluding hydrogens is 326 g/mol. The van der Waals surface area contributed by atoms with Crippen LogP contribution in [0.5, 0.6) is 0 Å². The maximum Gasteiger partial charge on any atom is 0.164 e. The van der Waals surface area contributed by atoms with Crippen molar-refractivity contribution in [2.24, 2.45) is 0 Å². The van der Waals surface area contributed by atoms with E-state index in [1.165, 1.54) is 11.9 Å². The molecule has 1 aliphatic carbocycles. The molecule has 5 nitrogen and oxygen atoms in total. The number of ether oxygens (including phenoxy) is 2. The molecule has 4 rings (SSSR count). The minimum absolute atomic E-state index is 0.0325. The predicted molar refractivity (Wildman–Crippen MR) is 93.0 cm³/mol. The van der Waals surface area contributed by atoms with E-state index in [-0.39, 0.29) is 17.7 Å². The van der Waals surface area contributed by atoms with Crippen LogP contribution in [0.3, 0.4) is 0 Å². The van der Waals surface area contributed by atoms with Crippen LogP contribution >= 0.6 is 11.6 Å². The van der Waals surface area contributed by atoms with E-state index in [0.717, 1.165) is 23.9 Å². The average Bonchev–Trinajstić information content (AvgIpc) is 3.16. The summed E-state index contributed by atoms with van der Waals surface area (Å²) >= 11 is 6.21. The van der Waals surface area contributed by atoms with Gasteiger partial charge in [-0.05, 0) is 38.3 Å². The smallest absolute Gasteiger partial charge is 0.164 e. The number of hydrogen-bond acceptors (Lipinski definition) is 4. The molecule has 2 aliphatic rings. The maximum absolute atomic E-state index is 6.41. The molecule has 0 radical (unpaired) electrons. The van der Waals surface area contributed by atoms with Crippen LogP contribution in [0.1, 0.15) is 46.6 Å². The Hall–Kier alpha value is -1.43. The quantitative estimate of drug-likeness (QED) is 0.614. The average molecular weight is 348 g/mol. The molecule has 0 bridgehead atoms. The summed E-state index contributed by atoms with van der Waals surface area (Å²) in [5.41, 5.74) is 1.76. The third kappa shape index (κ3) is 2.08. The lowest BCUT2D eigenvalue weighted by molar-refractivity contribution is -0.160. The first-order valence-electron chi connectivity index (χ1n) is 8.48. The van der Waals surface area contributed by atoms with E-state index in [1.807, 2.05) is 26.1 Å². The fourth-order valence-corrected chi connectivity index (χ4v) is 4.47. The first-order chi connectivity index (χ1) is 11.4. The second kappa shape index (κ2) is 5.28. The normalized spacial score (nSPS) is 31.5. The Kier molecular flexibility index (Phi) is 3.53. The van der Waals surface area contributed by atoms with Crippen molar-refractivity contribution in [3.8, 4) is 0 Å². The first kappa shape index (κ1) is 16.1. The Morgan fingerprint density at radius 2 is 2.08 bits per heavy atom. The van der Waals surface area contributed by atoms with Crippen molar-refractivity contribution < 1.29 is 9.47 Å². The zero-order chi connectivity index (χ0) is 17.1. The Balaban J connectivity index is 1.86. The minimum Gasteiger partial charge on any atom is -0.341 e. The van der Waals surface area contributed by atoms with Gasteiger partial charge in [-0.15, -0.1) is 0 Å². The number of fused-ring (bicyclic) bond motifs is 2. The van der Waals surface area contributed by atoms with Gasteiger partial charge in [0.15, 0.2) is 5.79 Å². The molecule has 0 spiro atoms. The molecule has 1 aliphatic heterocycles. The molecule has 0 unspecified atom stereocenters. The van der Waals surface area contributed by atoms with Crippen LogP contribution in [0.2, 0.25) is 5.15 Å². The van der Waals surface area contributed by atoms with Gasteiger partial charge < -0.3 is 14.0 Å². The first-order valence-corrected chi connectivity index (χ1v) is 8.86. The van der Waals surface area contributed by atoms with Crippen molar-refractivity contribution in [2.45, 2.75) is 64.1 Å².